The van der Waals surface area contributed by atoms with Gasteiger partial charge in [0.15, 0.2) is 5.65 Å². The monoisotopic (exact) mass is 557 g/mol. The summed E-state index contributed by atoms with van der Waals surface area (Å²) in [5, 5.41) is 3.52. The van der Waals surface area contributed by atoms with Crippen molar-refractivity contribution in [3.8, 4) is 5.69 Å². The largest absolute Gasteiger partial charge is 0.337 e. The molecule has 7 rings (SSSR count). The third kappa shape index (κ3) is 3.77. The molecule has 5 aromatic rings. The van der Waals surface area contributed by atoms with Crippen LogP contribution in [0.15, 0.2) is 59.8 Å². The lowest BCUT2D eigenvalue weighted by atomic mass is 9.86. The van der Waals surface area contributed by atoms with E-state index in [2.05, 4.69) is 26.3 Å². The van der Waals surface area contributed by atoms with Crippen LogP contribution in [-0.2, 0) is 16.8 Å². The van der Waals surface area contributed by atoms with Gasteiger partial charge in [0.05, 0.1) is 5.02 Å². The fourth-order valence-corrected chi connectivity index (χ4v) is 6.02. The lowest BCUT2D eigenvalue weighted by Crippen LogP contribution is -2.43. The maximum atomic E-state index is 14.8. The van der Waals surface area contributed by atoms with Crippen LogP contribution in [-0.4, -0.2) is 41.3 Å². The Morgan fingerprint density at radius 3 is 2.75 bits per heavy atom. The standard InChI is InChI=1S/C29H25ClFN7O2/c1-16(2)25(39)36-14-17-12-18(6-7-20(17)29(15-36)8-9-29)34-27-33-13-19-24(35-27)37-11-10-32-28(37)38(26(19)40)23-21(30)4-3-5-22(23)31/h3-7,10-13,16H,8-9,14-15H2,1-2H3,(H,33,34,35). The molecule has 0 atom stereocenters. The average molecular weight is 558 g/mol. The lowest BCUT2D eigenvalue weighted by Gasteiger charge is -2.36. The van der Waals surface area contributed by atoms with E-state index in [1.54, 1.807) is 10.6 Å². The fraction of sp³-hybridized carbons (Fsp3) is 0.276. The van der Waals surface area contributed by atoms with E-state index in [1.165, 1.54) is 36.2 Å². The molecule has 11 heteroatoms. The van der Waals surface area contributed by atoms with Gasteiger partial charge in [-0.05, 0) is 48.2 Å². The van der Waals surface area contributed by atoms with Crippen molar-refractivity contribution in [2.24, 2.45) is 5.92 Å². The molecule has 4 heterocycles. The predicted molar refractivity (Wildman–Crippen MR) is 150 cm³/mol. The molecule has 0 radical (unpaired) electrons. The molecule has 2 aliphatic rings. The van der Waals surface area contributed by atoms with Gasteiger partial charge in [0.1, 0.15) is 16.9 Å². The Kier molecular flexibility index (Phi) is 5.47. The van der Waals surface area contributed by atoms with Crippen molar-refractivity contribution in [2.45, 2.75) is 38.6 Å². The molecule has 0 saturated heterocycles. The molecule has 9 nitrogen and oxygen atoms in total. The minimum absolute atomic E-state index is 0.0522. The van der Waals surface area contributed by atoms with Crippen molar-refractivity contribution in [3.05, 3.63) is 87.3 Å². The summed E-state index contributed by atoms with van der Waals surface area (Å²) in [7, 11) is 0. The van der Waals surface area contributed by atoms with E-state index in [0.29, 0.717) is 12.2 Å². The Hall–Kier alpha value is -4.31. The third-order valence-corrected chi connectivity index (χ3v) is 8.16. The zero-order chi connectivity index (χ0) is 27.8. The van der Waals surface area contributed by atoms with E-state index in [4.69, 9.17) is 11.6 Å². The molecule has 1 aliphatic carbocycles. The van der Waals surface area contributed by atoms with Gasteiger partial charge in [-0.25, -0.2) is 18.9 Å². The second kappa shape index (κ2) is 8.85. The molecule has 1 saturated carbocycles. The van der Waals surface area contributed by atoms with Crippen LogP contribution in [0.3, 0.4) is 0 Å². The summed E-state index contributed by atoms with van der Waals surface area (Å²) in [6.45, 7) is 5.21. The molecule has 40 heavy (non-hydrogen) atoms. The van der Waals surface area contributed by atoms with Crippen LogP contribution in [0.5, 0.6) is 0 Å². The van der Waals surface area contributed by atoms with E-state index in [1.807, 2.05) is 30.9 Å². The summed E-state index contributed by atoms with van der Waals surface area (Å²) in [5.74, 6) is -0.0706. The van der Waals surface area contributed by atoms with Crippen LogP contribution in [0.1, 0.15) is 37.8 Å². The number of carbonyl (C=O) groups excluding carboxylic acids is 1. The van der Waals surface area contributed by atoms with Crippen LogP contribution in [0.2, 0.25) is 5.02 Å². The second-order valence-corrected chi connectivity index (χ2v) is 11.3. The van der Waals surface area contributed by atoms with Crippen LogP contribution in [0.25, 0.3) is 22.5 Å². The maximum Gasteiger partial charge on any atom is 0.270 e. The molecule has 1 N–H and O–H groups in total. The van der Waals surface area contributed by atoms with Crippen LogP contribution >= 0.6 is 11.6 Å². The number of fused-ring (bicyclic) bond motifs is 5. The lowest BCUT2D eigenvalue weighted by molar-refractivity contribution is -0.136. The maximum absolute atomic E-state index is 14.8. The molecule has 1 amide bonds. The molecule has 1 fully saturated rings. The van der Waals surface area contributed by atoms with Gasteiger partial charge in [0.25, 0.3) is 5.56 Å². The summed E-state index contributed by atoms with van der Waals surface area (Å²) in [6.07, 6.45) is 6.74. The van der Waals surface area contributed by atoms with E-state index in [-0.39, 0.29) is 45.1 Å². The molecule has 202 valence electrons. The molecule has 0 bridgehead atoms. The highest BCUT2D eigenvalue weighted by atomic mass is 35.5. The number of benzene rings is 2. The van der Waals surface area contributed by atoms with Gasteiger partial charge in [-0.15, -0.1) is 0 Å². The zero-order valence-electron chi connectivity index (χ0n) is 21.9. The Balaban J connectivity index is 1.28. The third-order valence-electron chi connectivity index (χ3n) is 7.86. The van der Waals surface area contributed by atoms with Crippen molar-refractivity contribution >= 4 is 46.0 Å². The van der Waals surface area contributed by atoms with E-state index >= 15 is 0 Å². The van der Waals surface area contributed by atoms with Crippen molar-refractivity contribution in [2.75, 3.05) is 11.9 Å². The number of nitrogens with one attached hydrogen (secondary N) is 1. The number of anilines is 2. The smallest absolute Gasteiger partial charge is 0.270 e. The van der Waals surface area contributed by atoms with Crippen molar-refractivity contribution in [1.29, 1.82) is 0 Å². The number of rotatable bonds is 4. The molecule has 2 aromatic carbocycles. The van der Waals surface area contributed by atoms with Gasteiger partial charge in [0.2, 0.25) is 17.6 Å². The minimum Gasteiger partial charge on any atom is -0.337 e. The number of amides is 1. The highest BCUT2D eigenvalue weighted by Crippen LogP contribution is 2.53. The van der Waals surface area contributed by atoms with Crippen LogP contribution in [0.4, 0.5) is 16.0 Å². The number of aromatic nitrogens is 5. The Morgan fingerprint density at radius 1 is 1.18 bits per heavy atom. The normalized spacial score (nSPS) is 15.7. The summed E-state index contributed by atoms with van der Waals surface area (Å²) in [5.41, 5.74) is 2.96. The van der Waals surface area contributed by atoms with Gasteiger partial charge in [-0.1, -0.05) is 37.6 Å². The van der Waals surface area contributed by atoms with Crippen LogP contribution in [0, 0.1) is 11.7 Å². The van der Waals surface area contributed by atoms with E-state index < -0.39 is 11.4 Å². The highest BCUT2D eigenvalue weighted by molar-refractivity contribution is 6.32. The van der Waals surface area contributed by atoms with Crippen molar-refractivity contribution in [1.82, 2.24) is 28.8 Å². The zero-order valence-corrected chi connectivity index (χ0v) is 22.6. The topological polar surface area (TPSA) is 97.4 Å². The van der Waals surface area contributed by atoms with Crippen molar-refractivity contribution in [3.63, 3.8) is 0 Å². The Morgan fingerprint density at radius 2 is 2.00 bits per heavy atom. The van der Waals surface area contributed by atoms with Crippen LogP contribution < -0.4 is 10.9 Å². The van der Waals surface area contributed by atoms with Gasteiger partial charge in [-0.2, -0.15) is 4.98 Å². The molecular weight excluding hydrogens is 533 g/mol. The molecule has 1 aliphatic heterocycles. The molecule has 3 aromatic heterocycles. The Bertz CT molecular complexity index is 1890. The van der Waals surface area contributed by atoms with E-state index in [9.17, 15) is 14.0 Å². The van der Waals surface area contributed by atoms with E-state index in [0.717, 1.165) is 35.2 Å². The minimum atomic E-state index is -0.646. The second-order valence-electron chi connectivity index (χ2n) is 10.9. The first-order chi connectivity index (χ1) is 19.3. The highest BCUT2D eigenvalue weighted by Gasteiger charge is 2.50. The number of halogens is 2. The number of hydrogen-bond acceptors (Lipinski definition) is 6. The van der Waals surface area contributed by atoms with Gasteiger partial charge in [0, 0.05) is 48.7 Å². The number of para-hydroxylation sites is 1. The summed E-state index contributed by atoms with van der Waals surface area (Å²) in [6, 6.07) is 10.4. The molecule has 0 unspecified atom stereocenters. The van der Waals surface area contributed by atoms with Crippen molar-refractivity contribution < 1.29 is 9.18 Å². The summed E-state index contributed by atoms with van der Waals surface area (Å²) >= 11 is 6.28. The number of imidazole rings is 1. The average Bonchev–Trinajstić information content (AvgIpc) is 3.51. The van der Waals surface area contributed by atoms with Gasteiger partial charge >= 0.3 is 0 Å². The summed E-state index contributed by atoms with van der Waals surface area (Å²) < 4.78 is 17.5. The molecular formula is C29H25ClFN7O2. The first kappa shape index (κ1) is 24.7. The first-order valence-electron chi connectivity index (χ1n) is 13.1. The number of nitrogens with zero attached hydrogens (tertiary/aromatic N) is 6. The van der Waals surface area contributed by atoms with Gasteiger partial charge in [-0.3, -0.25) is 14.0 Å². The van der Waals surface area contributed by atoms with Gasteiger partial charge < -0.3 is 10.2 Å². The SMILES string of the molecule is CC(C)C(=O)N1Cc2cc(Nc3ncc4c(=O)n(-c5c(F)cccc5Cl)c5nccn5c4n3)ccc2C2(CC2)C1. The fourth-order valence-electron chi connectivity index (χ4n) is 5.77. The number of carbonyl (C=O) groups is 1. The number of hydrogen-bond donors (Lipinski definition) is 1. The predicted octanol–water partition coefficient (Wildman–Crippen LogP) is 4.99. The first-order valence-corrected chi connectivity index (χ1v) is 13.5. The Labute approximate surface area is 233 Å². The quantitative estimate of drug-likeness (QED) is 0.334. The molecule has 1 spiro atoms. The summed E-state index contributed by atoms with van der Waals surface area (Å²) in [4.78, 5) is 41.6.